The molecule has 3 rings (SSSR count). The highest BCUT2D eigenvalue weighted by atomic mass is 19.1. The minimum absolute atomic E-state index is 0.222. The number of rotatable bonds is 4. The maximum absolute atomic E-state index is 13.7. The first kappa shape index (κ1) is 13.4. The standard InChI is InChI=1S/C15H15FN4O/c1-19-13-5-2-4-12(16)11(13)10-14(19)15(21)17-7-9-20-8-3-6-18-20/h2-6,8,10H,7,9H2,1H3,(H,17,21). The van der Waals surface area contributed by atoms with E-state index in [-0.39, 0.29) is 11.7 Å². The van der Waals surface area contributed by atoms with E-state index < -0.39 is 0 Å². The predicted octanol–water partition coefficient (Wildman–Crippen LogP) is 1.94. The Hall–Kier alpha value is -2.63. The molecule has 21 heavy (non-hydrogen) atoms. The highest BCUT2D eigenvalue weighted by molar-refractivity contribution is 5.98. The minimum Gasteiger partial charge on any atom is -0.349 e. The van der Waals surface area contributed by atoms with Crippen molar-refractivity contribution in [2.45, 2.75) is 6.54 Å². The summed E-state index contributed by atoms with van der Waals surface area (Å²) in [4.78, 5) is 12.2. The Kier molecular flexibility index (Phi) is 3.43. The SMILES string of the molecule is Cn1c(C(=O)NCCn2cccn2)cc2c(F)cccc21. The zero-order chi connectivity index (χ0) is 14.8. The van der Waals surface area contributed by atoms with E-state index in [2.05, 4.69) is 10.4 Å². The van der Waals surface area contributed by atoms with Crippen LogP contribution >= 0.6 is 0 Å². The van der Waals surface area contributed by atoms with Gasteiger partial charge in [0.1, 0.15) is 11.5 Å². The van der Waals surface area contributed by atoms with Gasteiger partial charge in [0.15, 0.2) is 0 Å². The summed E-state index contributed by atoms with van der Waals surface area (Å²) in [6, 6.07) is 8.22. The number of amides is 1. The predicted molar refractivity (Wildman–Crippen MR) is 77.4 cm³/mol. The molecule has 108 valence electrons. The smallest absolute Gasteiger partial charge is 0.267 e. The van der Waals surface area contributed by atoms with Crippen LogP contribution in [-0.4, -0.2) is 26.8 Å². The molecule has 1 amide bonds. The van der Waals surface area contributed by atoms with Gasteiger partial charge in [0.2, 0.25) is 0 Å². The number of hydrogen-bond acceptors (Lipinski definition) is 2. The van der Waals surface area contributed by atoms with Gasteiger partial charge in [0, 0.05) is 31.4 Å². The van der Waals surface area contributed by atoms with Gasteiger partial charge in [-0.1, -0.05) is 6.07 Å². The van der Waals surface area contributed by atoms with Crippen LogP contribution in [0.15, 0.2) is 42.7 Å². The van der Waals surface area contributed by atoms with Crippen molar-refractivity contribution >= 4 is 16.8 Å². The number of carbonyl (C=O) groups excluding carboxylic acids is 1. The molecule has 2 aromatic heterocycles. The average Bonchev–Trinajstić information content (AvgIpc) is 3.08. The molecule has 0 saturated carbocycles. The van der Waals surface area contributed by atoms with Crippen molar-refractivity contribution in [3.63, 3.8) is 0 Å². The average molecular weight is 286 g/mol. The molecule has 6 heteroatoms. The lowest BCUT2D eigenvalue weighted by atomic mass is 10.2. The molecule has 1 N–H and O–H groups in total. The van der Waals surface area contributed by atoms with Gasteiger partial charge < -0.3 is 9.88 Å². The van der Waals surface area contributed by atoms with Crippen LogP contribution in [0.4, 0.5) is 4.39 Å². The molecular formula is C15H15FN4O. The second-order valence-electron chi connectivity index (χ2n) is 4.79. The van der Waals surface area contributed by atoms with E-state index in [4.69, 9.17) is 0 Å². The summed E-state index contributed by atoms with van der Waals surface area (Å²) in [5.41, 5.74) is 1.14. The zero-order valence-corrected chi connectivity index (χ0v) is 11.6. The highest BCUT2D eigenvalue weighted by Crippen LogP contribution is 2.21. The van der Waals surface area contributed by atoms with E-state index in [1.165, 1.54) is 6.07 Å². The summed E-state index contributed by atoms with van der Waals surface area (Å²) in [5.74, 6) is -0.543. The van der Waals surface area contributed by atoms with Crippen LogP contribution in [-0.2, 0) is 13.6 Å². The summed E-state index contributed by atoms with van der Waals surface area (Å²) in [6.45, 7) is 1.06. The summed E-state index contributed by atoms with van der Waals surface area (Å²) in [7, 11) is 1.75. The summed E-state index contributed by atoms with van der Waals surface area (Å²) >= 11 is 0. The number of benzene rings is 1. The minimum atomic E-state index is -0.321. The van der Waals surface area contributed by atoms with Gasteiger partial charge in [-0.3, -0.25) is 9.48 Å². The number of nitrogens with one attached hydrogen (secondary N) is 1. The van der Waals surface area contributed by atoms with Crippen LogP contribution in [0.3, 0.4) is 0 Å². The van der Waals surface area contributed by atoms with Gasteiger partial charge in [0.25, 0.3) is 5.91 Å². The molecule has 0 radical (unpaired) electrons. The van der Waals surface area contributed by atoms with E-state index >= 15 is 0 Å². The van der Waals surface area contributed by atoms with Gasteiger partial charge in [0.05, 0.1) is 12.1 Å². The topological polar surface area (TPSA) is 51.9 Å². The lowest BCUT2D eigenvalue weighted by Gasteiger charge is -2.06. The van der Waals surface area contributed by atoms with Gasteiger partial charge in [-0.05, 0) is 24.3 Å². The molecule has 0 atom stereocenters. The largest absolute Gasteiger partial charge is 0.349 e. The second-order valence-corrected chi connectivity index (χ2v) is 4.79. The van der Waals surface area contributed by atoms with Crippen molar-refractivity contribution in [3.8, 4) is 0 Å². The van der Waals surface area contributed by atoms with Crippen molar-refractivity contribution in [1.82, 2.24) is 19.7 Å². The molecule has 1 aromatic carbocycles. The molecule has 0 fully saturated rings. The maximum atomic E-state index is 13.7. The second kappa shape index (κ2) is 5.40. The molecule has 2 heterocycles. The highest BCUT2D eigenvalue weighted by Gasteiger charge is 2.14. The Morgan fingerprint density at radius 3 is 2.95 bits per heavy atom. The first-order valence-electron chi connectivity index (χ1n) is 6.66. The first-order valence-corrected chi connectivity index (χ1v) is 6.66. The summed E-state index contributed by atoms with van der Waals surface area (Å²) in [5, 5.41) is 7.33. The number of nitrogens with zero attached hydrogens (tertiary/aromatic N) is 3. The fourth-order valence-electron chi connectivity index (χ4n) is 2.35. The number of carbonyl (C=O) groups is 1. The molecule has 5 nitrogen and oxygen atoms in total. The van der Waals surface area contributed by atoms with Crippen LogP contribution in [0.1, 0.15) is 10.5 Å². The third-order valence-corrected chi connectivity index (χ3v) is 3.45. The van der Waals surface area contributed by atoms with Gasteiger partial charge >= 0.3 is 0 Å². The molecule has 0 aliphatic rings. The quantitative estimate of drug-likeness (QED) is 0.797. The Morgan fingerprint density at radius 2 is 2.24 bits per heavy atom. The monoisotopic (exact) mass is 286 g/mol. The molecule has 0 aliphatic carbocycles. The molecular weight excluding hydrogens is 271 g/mol. The third-order valence-electron chi connectivity index (χ3n) is 3.45. The number of halogens is 1. The lowest BCUT2D eigenvalue weighted by Crippen LogP contribution is -2.28. The van der Waals surface area contributed by atoms with Gasteiger partial charge in [-0.15, -0.1) is 0 Å². The third kappa shape index (κ3) is 2.52. The van der Waals surface area contributed by atoms with Gasteiger partial charge in [-0.2, -0.15) is 5.10 Å². The first-order chi connectivity index (χ1) is 10.2. The van der Waals surface area contributed by atoms with Crippen molar-refractivity contribution < 1.29 is 9.18 Å². The van der Waals surface area contributed by atoms with Crippen LogP contribution in [0.2, 0.25) is 0 Å². The van der Waals surface area contributed by atoms with Crippen LogP contribution in [0.5, 0.6) is 0 Å². The van der Waals surface area contributed by atoms with Crippen LogP contribution in [0, 0.1) is 5.82 Å². The lowest BCUT2D eigenvalue weighted by molar-refractivity contribution is 0.0944. The van der Waals surface area contributed by atoms with Crippen molar-refractivity contribution in [3.05, 3.63) is 54.2 Å². The fraction of sp³-hybridized carbons (Fsp3) is 0.200. The Morgan fingerprint density at radius 1 is 1.38 bits per heavy atom. The maximum Gasteiger partial charge on any atom is 0.267 e. The van der Waals surface area contributed by atoms with Crippen molar-refractivity contribution in [2.75, 3.05) is 6.54 Å². The molecule has 0 aliphatic heterocycles. The van der Waals surface area contributed by atoms with Crippen LogP contribution < -0.4 is 5.32 Å². The molecule has 0 bridgehead atoms. The zero-order valence-electron chi connectivity index (χ0n) is 11.6. The van der Waals surface area contributed by atoms with E-state index in [0.29, 0.717) is 29.7 Å². The van der Waals surface area contributed by atoms with E-state index in [1.807, 2.05) is 12.3 Å². The van der Waals surface area contributed by atoms with Crippen LogP contribution in [0.25, 0.3) is 10.9 Å². The Balaban J connectivity index is 1.75. The van der Waals surface area contributed by atoms with E-state index in [9.17, 15) is 9.18 Å². The number of hydrogen-bond donors (Lipinski definition) is 1. The Labute approximate surface area is 121 Å². The van der Waals surface area contributed by atoms with Crippen molar-refractivity contribution in [2.24, 2.45) is 7.05 Å². The summed E-state index contributed by atoms with van der Waals surface area (Å²) < 4.78 is 17.2. The number of fused-ring (bicyclic) bond motifs is 1. The summed E-state index contributed by atoms with van der Waals surface area (Å²) in [6.07, 6.45) is 3.52. The van der Waals surface area contributed by atoms with Crippen molar-refractivity contribution in [1.29, 1.82) is 0 Å². The number of aryl methyl sites for hydroxylation is 1. The fourth-order valence-corrected chi connectivity index (χ4v) is 2.35. The molecule has 0 unspecified atom stereocenters. The van der Waals surface area contributed by atoms with Gasteiger partial charge in [-0.25, -0.2) is 4.39 Å². The van der Waals surface area contributed by atoms with E-state index in [1.54, 1.807) is 40.7 Å². The molecule has 3 aromatic rings. The molecule has 0 saturated heterocycles. The van der Waals surface area contributed by atoms with E-state index in [0.717, 1.165) is 0 Å². The Bertz CT molecular complexity index is 776. The normalized spacial score (nSPS) is 11.0. The molecule has 0 spiro atoms. The number of aromatic nitrogens is 3.